The molecule has 9 heteroatoms. The van der Waals surface area contributed by atoms with E-state index in [0.717, 1.165) is 5.56 Å². The molecule has 3 heterocycles. The van der Waals surface area contributed by atoms with Gasteiger partial charge in [0, 0.05) is 32.1 Å². The predicted octanol–water partition coefficient (Wildman–Crippen LogP) is 1.90. The third-order valence-corrected chi connectivity index (χ3v) is 5.60. The summed E-state index contributed by atoms with van der Waals surface area (Å²) in [6.45, 7) is 2.19. The molecule has 0 aliphatic carbocycles. The Hall–Kier alpha value is -2.29. The zero-order chi connectivity index (χ0) is 19.9. The van der Waals surface area contributed by atoms with Crippen LogP contribution in [0.4, 0.5) is 18.0 Å². The Bertz CT molecular complexity index is 747. The summed E-state index contributed by atoms with van der Waals surface area (Å²) in [6.07, 6.45) is -4.49. The van der Waals surface area contributed by atoms with Crippen molar-refractivity contribution in [3.63, 3.8) is 0 Å². The monoisotopic (exact) mass is 397 g/mol. The minimum Gasteiger partial charge on any atom is -0.366 e. The number of amides is 3. The van der Waals surface area contributed by atoms with Gasteiger partial charge in [0.25, 0.3) is 0 Å². The summed E-state index contributed by atoms with van der Waals surface area (Å²) in [6, 6.07) is 6.20. The van der Waals surface area contributed by atoms with Gasteiger partial charge < -0.3 is 19.9 Å². The summed E-state index contributed by atoms with van der Waals surface area (Å²) in [5.41, 5.74) is 1.18. The Labute approximate surface area is 160 Å². The third kappa shape index (κ3) is 4.09. The van der Waals surface area contributed by atoms with Gasteiger partial charge in [-0.1, -0.05) is 24.3 Å². The van der Waals surface area contributed by atoms with Gasteiger partial charge in [0.15, 0.2) is 0 Å². The van der Waals surface area contributed by atoms with Crippen LogP contribution in [0.1, 0.15) is 23.5 Å². The molecule has 0 radical (unpaired) electrons. The number of rotatable bonds is 2. The highest BCUT2D eigenvalue weighted by molar-refractivity contribution is 5.79. The fraction of sp³-hybridized carbons (Fsp3) is 0.579. The van der Waals surface area contributed by atoms with Crippen LogP contribution in [-0.4, -0.2) is 72.8 Å². The van der Waals surface area contributed by atoms with Gasteiger partial charge in [0.2, 0.25) is 5.91 Å². The van der Waals surface area contributed by atoms with Crippen molar-refractivity contribution in [2.24, 2.45) is 0 Å². The number of benzene rings is 1. The molecule has 0 bridgehead atoms. The minimum absolute atomic E-state index is 0.0406. The van der Waals surface area contributed by atoms with Gasteiger partial charge in [-0.3, -0.25) is 4.79 Å². The van der Waals surface area contributed by atoms with E-state index in [1.54, 1.807) is 21.9 Å². The smallest absolute Gasteiger partial charge is 0.366 e. The lowest BCUT2D eigenvalue weighted by atomic mass is 9.90. The molecule has 3 aliphatic heterocycles. The molecule has 3 fully saturated rings. The molecule has 0 aromatic heterocycles. The Morgan fingerprint density at radius 3 is 2.54 bits per heavy atom. The molecule has 6 nitrogen and oxygen atoms in total. The number of likely N-dealkylation sites (tertiary alicyclic amines) is 2. The van der Waals surface area contributed by atoms with E-state index < -0.39 is 12.6 Å². The molecule has 0 unspecified atom stereocenters. The molecular formula is C19H22F3N3O3. The molecule has 3 amide bonds. The second-order valence-corrected chi connectivity index (χ2v) is 7.68. The number of nitrogens with zero attached hydrogens (tertiary/aromatic N) is 2. The fourth-order valence-corrected chi connectivity index (χ4v) is 4.06. The van der Waals surface area contributed by atoms with Crippen molar-refractivity contribution in [3.05, 3.63) is 35.4 Å². The van der Waals surface area contributed by atoms with Crippen LogP contribution >= 0.6 is 0 Å². The van der Waals surface area contributed by atoms with E-state index >= 15 is 0 Å². The van der Waals surface area contributed by atoms with Crippen LogP contribution in [0.3, 0.4) is 0 Å². The Kier molecular flexibility index (Phi) is 4.95. The highest BCUT2D eigenvalue weighted by atomic mass is 19.4. The molecule has 2 atom stereocenters. The first kappa shape index (κ1) is 19.0. The molecule has 152 valence electrons. The quantitative estimate of drug-likeness (QED) is 0.829. The van der Waals surface area contributed by atoms with Gasteiger partial charge in [0.1, 0.15) is 6.61 Å². The topological polar surface area (TPSA) is 61.9 Å². The van der Waals surface area contributed by atoms with E-state index in [1.807, 2.05) is 0 Å². The molecule has 1 aromatic carbocycles. The number of fused-ring (bicyclic) bond motifs is 1. The van der Waals surface area contributed by atoms with Crippen molar-refractivity contribution in [2.75, 3.05) is 32.8 Å². The number of hydrogen-bond donors (Lipinski definition) is 1. The average molecular weight is 397 g/mol. The number of nitrogens with one attached hydrogen (secondary N) is 1. The zero-order valence-corrected chi connectivity index (χ0v) is 15.2. The molecule has 28 heavy (non-hydrogen) atoms. The van der Waals surface area contributed by atoms with E-state index in [4.69, 9.17) is 4.74 Å². The van der Waals surface area contributed by atoms with E-state index in [9.17, 15) is 22.8 Å². The van der Waals surface area contributed by atoms with Crippen LogP contribution in [0.2, 0.25) is 0 Å². The number of piperidine rings is 1. The lowest BCUT2D eigenvalue weighted by Crippen LogP contribution is -2.63. The first-order chi connectivity index (χ1) is 13.3. The van der Waals surface area contributed by atoms with E-state index in [0.29, 0.717) is 32.6 Å². The third-order valence-electron chi connectivity index (χ3n) is 5.60. The average Bonchev–Trinajstić information content (AvgIpc) is 2.60. The highest BCUT2D eigenvalue weighted by Gasteiger charge is 2.40. The summed E-state index contributed by atoms with van der Waals surface area (Å²) < 4.78 is 42.8. The van der Waals surface area contributed by atoms with Crippen LogP contribution in [0.25, 0.3) is 0 Å². The fourth-order valence-electron chi connectivity index (χ4n) is 4.06. The lowest BCUT2D eigenvalue weighted by molar-refractivity contribution is -0.139. The SMILES string of the molecule is O=C1CO[C@@H]2CCN(C(=O)N3CC(c4ccc(CC(F)(F)F)cc4)C3)C[C@H]2N1. The maximum Gasteiger partial charge on any atom is 0.393 e. The maximum atomic E-state index is 12.7. The molecule has 1 aromatic rings. The largest absolute Gasteiger partial charge is 0.393 e. The van der Waals surface area contributed by atoms with Crippen molar-refractivity contribution in [1.29, 1.82) is 0 Å². The lowest BCUT2D eigenvalue weighted by Gasteiger charge is -2.46. The summed E-state index contributed by atoms with van der Waals surface area (Å²) >= 11 is 0. The number of urea groups is 1. The van der Waals surface area contributed by atoms with Crippen molar-refractivity contribution in [2.45, 2.75) is 37.1 Å². The molecule has 3 saturated heterocycles. The standard InChI is InChI=1S/C19H22F3N3O3/c20-19(21,22)7-12-1-3-13(4-2-12)14-8-25(9-14)18(27)24-6-5-16-15(10-24)23-17(26)11-28-16/h1-4,14-16H,5-11H2,(H,23,26)/t15-,16-/m1/s1. The normalized spacial score (nSPS) is 25.8. The summed E-state index contributed by atoms with van der Waals surface area (Å²) in [7, 11) is 0. The van der Waals surface area contributed by atoms with E-state index in [2.05, 4.69) is 5.32 Å². The second kappa shape index (κ2) is 7.27. The van der Waals surface area contributed by atoms with Crippen LogP contribution in [0, 0.1) is 0 Å². The highest BCUT2D eigenvalue weighted by Crippen LogP contribution is 2.30. The number of carbonyl (C=O) groups excluding carboxylic acids is 2. The Morgan fingerprint density at radius 2 is 1.86 bits per heavy atom. The van der Waals surface area contributed by atoms with Gasteiger partial charge in [-0.05, 0) is 17.5 Å². The summed E-state index contributed by atoms with van der Waals surface area (Å²) in [5.74, 6) is -0.0207. The molecule has 1 N–H and O–H groups in total. The predicted molar refractivity (Wildman–Crippen MR) is 93.8 cm³/mol. The first-order valence-electron chi connectivity index (χ1n) is 9.39. The summed E-state index contributed by atoms with van der Waals surface area (Å²) in [4.78, 5) is 27.7. The zero-order valence-electron chi connectivity index (χ0n) is 15.2. The van der Waals surface area contributed by atoms with Crippen LogP contribution in [0.5, 0.6) is 0 Å². The van der Waals surface area contributed by atoms with Crippen molar-refractivity contribution in [3.8, 4) is 0 Å². The Balaban J connectivity index is 1.29. The molecule has 0 saturated carbocycles. The molecule has 4 rings (SSSR count). The second-order valence-electron chi connectivity index (χ2n) is 7.68. The minimum atomic E-state index is -4.21. The number of alkyl halides is 3. The number of halogens is 3. The van der Waals surface area contributed by atoms with Crippen LogP contribution in [-0.2, 0) is 16.0 Å². The van der Waals surface area contributed by atoms with Crippen molar-refractivity contribution in [1.82, 2.24) is 15.1 Å². The van der Waals surface area contributed by atoms with Gasteiger partial charge in [0.05, 0.1) is 18.6 Å². The maximum absolute atomic E-state index is 12.7. The number of ether oxygens (including phenoxy) is 1. The van der Waals surface area contributed by atoms with Crippen molar-refractivity contribution >= 4 is 11.9 Å². The van der Waals surface area contributed by atoms with Gasteiger partial charge in [-0.25, -0.2) is 4.79 Å². The Morgan fingerprint density at radius 1 is 1.14 bits per heavy atom. The van der Waals surface area contributed by atoms with Gasteiger partial charge in [-0.2, -0.15) is 13.2 Å². The van der Waals surface area contributed by atoms with Gasteiger partial charge in [-0.15, -0.1) is 0 Å². The molecule has 0 spiro atoms. The van der Waals surface area contributed by atoms with Crippen LogP contribution < -0.4 is 5.32 Å². The molecular weight excluding hydrogens is 375 g/mol. The molecule has 3 aliphatic rings. The van der Waals surface area contributed by atoms with E-state index in [1.165, 1.54) is 12.1 Å². The summed E-state index contributed by atoms with van der Waals surface area (Å²) in [5, 5.41) is 2.88. The number of hydrogen-bond acceptors (Lipinski definition) is 3. The van der Waals surface area contributed by atoms with Gasteiger partial charge >= 0.3 is 12.2 Å². The number of morpholine rings is 1. The first-order valence-corrected chi connectivity index (χ1v) is 9.39. The van der Waals surface area contributed by atoms with Crippen LogP contribution in [0.15, 0.2) is 24.3 Å². The van der Waals surface area contributed by atoms with Crippen molar-refractivity contribution < 1.29 is 27.5 Å². The van der Waals surface area contributed by atoms with E-state index in [-0.39, 0.29) is 42.2 Å². The number of carbonyl (C=O) groups is 2.